The van der Waals surface area contributed by atoms with Crippen LogP contribution in [0, 0.1) is 5.82 Å². The number of oxime groups is 1. The van der Waals surface area contributed by atoms with Gasteiger partial charge in [0, 0.05) is 18.5 Å². The van der Waals surface area contributed by atoms with Gasteiger partial charge in [-0.15, -0.1) is 0 Å². The Morgan fingerprint density at radius 1 is 1.11 bits per heavy atom. The number of nitrogens with two attached hydrogens (primary N) is 1. The Kier molecular flexibility index (Phi) is 11.5. The number of ether oxygens (including phenoxy) is 1. The molecule has 0 fully saturated rings. The number of nitrogens with zero attached hydrogens (tertiary/aromatic N) is 3. The van der Waals surface area contributed by atoms with E-state index in [1.165, 1.54) is 19.2 Å². The summed E-state index contributed by atoms with van der Waals surface area (Å²) in [6.07, 6.45) is 1.04. The van der Waals surface area contributed by atoms with Crippen LogP contribution in [-0.2, 0) is 29.1 Å². The summed E-state index contributed by atoms with van der Waals surface area (Å²) in [6.45, 7) is 2.62. The third kappa shape index (κ3) is 7.79. The van der Waals surface area contributed by atoms with E-state index in [9.17, 15) is 9.59 Å². The molecule has 0 spiro atoms. The minimum atomic E-state index is -0.883. The summed E-state index contributed by atoms with van der Waals surface area (Å²) >= 11 is 0. The molecule has 1 amide bonds. The van der Waals surface area contributed by atoms with Crippen molar-refractivity contribution in [2.45, 2.75) is 39.2 Å². The Hall–Kier alpha value is -4.91. The Morgan fingerprint density at radius 2 is 1.84 bits per heavy atom. The zero-order chi connectivity index (χ0) is 32.3. The van der Waals surface area contributed by atoms with Crippen molar-refractivity contribution in [3.8, 4) is 28.0 Å². The number of halogens is 1. The van der Waals surface area contributed by atoms with E-state index in [0.29, 0.717) is 47.6 Å². The highest BCUT2D eigenvalue weighted by Crippen LogP contribution is 2.28. The fourth-order valence-corrected chi connectivity index (χ4v) is 4.97. The lowest BCUT2D eigenvalue weighted by atomic mass is 9.98. The van der Waals surface area contributed by atoms with Crippen LogP contribution in [0.3, 0.4) is 0 Å². The van der Waals surface area contributed by atoms with Crippen molar-refractivity contribution in [1.82, 2.24) is 25.5 Å². The number of carbonyl (C=O) groups is 1. The van der Waals surface area contributed by atoms with Gasteiger partial charge in [0.25, 0.3) is 5.56 Å². The second kappa shape index (κ2) is 15.7. The van der Waals surface area contributed by atoms with E-state index in [1.807, 2.05) is 55.5 Å². The van der Waals surface area contributed by atoms with E-state index >= 15 is 4.39 Å². The molecule has 11 nitrogen and oxygen atoms in total. The molecule has 45 heavy (non-hydrogen) atoms. The van der Waals surface area contributed by atoms with Crippen LogP contribution in [0.4, 0.5) is 4.39 Å². The van der Waals surface area contributed by atoms with Gasteiger partial charge in [-0.2, -0.15) is 0 Å². The molecule has 0 aliphatic heterocycles. The van der Waals surface area contributed by atoms with Crippen LogP contribution in [0.2, 0.25) is 0 Å². The highest BCUT2D eigenvalue weighted by molar-refractivity contribution is 6.08. The van der Waals surface area contributed by atoms with Gasteiger partial charge in [0.05, 0.1) is 17.8 Å². The van der Waals surface area contributed by atoms with Gasteiger partial charge >= 0.3 is 0 Å². The molecule has 0 saturated carbocycles. The van der Waals surface area contributed by atoms with Crippen LogP contribution >= 0.6 is 0 Å². The summed E-state index contributed by atoms with van der Waals surface area (Å²) in [5.74, 6) is 0.252. The molecule has 4 rings (SSSR count). The van der Waals surface area contributed by atoms with Crippen LogP contribution < -0.4 is 32.0 Å². The maximum atomic E-state index is 15.1. The number of amides is 1. The normalized spacial score (nSPS) is 12.1. The van der Waals surface area contributed by atoms with Crippen molar-refractivity contribution in [3.05, 3.63) is 106 Å². The van der Waals surface area contributed by atoms with Crippen molar-refractivity contribution in [3.63, 3.8) is 0 Å². The molecule has 12 heteroatoms. The smallest absolute Gasteiger partial charge is 0.262 e. The predicted molar refractivity (Wildman–Crippen MR) is 172 cm³/mol. The van der Waals surface area contributed by atoms with Crippen molar-refractivity contribution in [2.75, 3.05) is 21.2 Å². The molecule has 236 valence electrons. The lowest BCUT2D eigenvalue weighted by Gasteiger charge is -2.18. The summed E-state index contributed by atoms with van der Waals surface area (Å²) in [4.78, 5) is 35.1. The van der Waals surface area contributed by atoms with Crippen LogP contribution in [0.25, 0.3) is 22.3 Å². The summed E-state index contributed by atoms with van der Waals surface area (Å²) in [5.41, 5.74) is 9.98. The van der Waals surface area contributed by atoms with E-state index in [-0.39, 0.29) is 23.7 Å². The zero-order valence-electron chi connectivity index (χ0n) is 25.8. The maximum Gasteiger partial charge on any atom is 0.262 e. The number of carbonyl (C=O) groups excluding carboxylic acids is 1. The Bertz CT molecular complexity index is 1710. The van der Waals surface area contributed by atoms with Gasteiger partial charge in [0.15, 0.2) is 17.4 Å². The van der Waals surface area contributed by atoms with Crippen LogP contribution in [0.5, 0.6) is 5.75 Å². The first-order chi connectivity index (χ1) is 21.8. The first kappa shape index (κ1) is 33.0. The van der Waals surface area contributed by atoms with Gasteiger partial charge in [-0.05, 0) is 54.9 Å². The van der Waals surface area contributed by atoms with E-state index in [4.69, 9.17) is 20.3 Å². The average molecular weight is 616 g/mol. The minimum Gasteiger partial charge on any atom is -0.459 e. The molecule has 1 unspecified atom stereocenters. The Labute approximate surface area is 261 Å². The van der Waals surface area contributed by atoms with Crippen molar-refractivity contribution >= 4 is 12.2 Å². The molecule has 0 saturated heterocycles. The van der Waals surface area contributed by atoms with Crippen molar-refractivity contribution in [1.29, 1.82) is 0 Å². The van der Waals surface area contributed by atoms with Gasteiger partial charge < -0.3 is 20.2 Å². The molecule has 0 radical (unpaired) electrons. The number of amidine groups is 1. The quantitative estimate of drug-likeness (QED) is 0.0556. The second-order valence-corrected chi connectivity index (χ2v) is 10.1. The first-order valence-electron chi connectivity index (χ1n) is 14.5. The fourth-order valence-electron chi connectivity index (χ4n) is 4.97. The first-order valence-corrected chi connectivity index (χ1v) is 14.5. The van der Waals surface area contributed by atoms with Crippen LogP contribution in [0.1, 0.15) is 36.0 Å². The molecule has 1 aromatic heterocycles. The van der Waals surface area contributed by atoms with Gasteiger partial charge in [-0.1, -0.05) is 66.7 Å². The highest BCUT2D eigenvalue weighted by Gasteiger charge is 2.20. The zero-order valence-corrected chi connectivity index (χ0v) is 25.8. The SMILES string of the molecule is CCCc1nc(CNC)c(-c2ccc(OC(N)NC)c(F)c2)c(=O)n1Cc1ccc(-c2ccccc2/C(=N/OC)NC=O)cc1. The topological polar surface area (TPSA) is 145 Å². The van der Waals surface area contributed by atoms with E-state index < -0.39 is 12.2 Å². The molecule has 3 aromatic carbocycles. The van der Waals surface area contributed by atoms with Crippen LogP contribution in [0.15, 0.2) is 76.7 Å². The lowest BCUT2D eigenvalue weighted by molar-refractivity contribution is -0.108. The number of benzene rings is 3. The number of aromatic nitrogens is 2. The molecule has 0 aliphatic rings. The largest absolute Gasteiger partial charge is 0.459 e. The Balaban J connectivity index is 1.75. The molecular formula is C33H38FN7O4. The molecule has 4 aromatic rings. The molecule has 1 atom stereocenters. The third-order valence-electron chi connectivity index (χ3n) is 7.07. The Morgan fingerprint density at radius 3 is 2.49 bits per heavy atom. The molecule has 0 bridgehead atoms. The summed E-state index contributed by atoms with van der Waals surface area (Å²) < 4.78 is 22.1. The van der Waals surface area contributed by atoms with Gasteiger partial charge in [-0.25, -0.2) is 9.37 Å². The maximum absolute atomic E-state index is 15.1. The lowest BCUT2D eigenvalue weighted by Crippen LogP contribution is -2.40. The third-order valence-corrected chi connectivity index (χ3v) is 7.07. The fraction of sp³-hybridized carbons (Fsp3) is 0.273. The van der Waals surface area contributed by atoms with Gasteiger partial charge in [0.1, 0.15) is 12.9 Å². The second-order valence-electron chi connectivity index (χ2n) is 10.1. The number of rotatable bonds is 14. The number of nitrogens with one attached hydrogen (secondary N) is 3. The standard InChI is InChI=1S/C33H38FN7O4/c1-5-8-29-39-27(18-36-2)30(23-15-16-28(26(34)17-23)45-33(35)37-3)32(43)41(29)19-21-11-13-22(14-12-21)24-9-6-7-10-25(24)31(38-20-42)40-44-4/h6-7,9-17,20,33,36-37H,5,8,18-19,35H2,1-4H3,(H,38,40,42). The summed E-state index contributed by atoms with van der Waals surface area (Å²) in [6, 6.07) is 19.6. The molecular weight excluding hydrogens is 577 g/mol. The summed E-state index contributed by atoms with van der Waals surface area (Å²) in [7, 11) is 4.78. The van der Waals surface area contributed by atoms with Crippen molar-refractivity contribution in [2.24, 2.45) is 10.9 Å². The molecule has 1 heterocycles. The molecule has 5 N–H and O–H groups in total. The van der Waals surface area contributed by atoms with Crippen molar-refractivity contribution < 1.29 is 18.8 Å². The summed E-state index contributed by atoms with van der Waals surface area (Å²) in [5, 5.41) is 12.3. The number of aryl methyl sites for hydroxylation is 1. The highest BCUT2D eigenvalue weighted by atomic mass is 19.1. The van der Waals surface area contributed by atoms with E-state index in [1.54, 1.807) is 24.7 Å². The number of hydrogen-bond donors (Lipinski definition) is 4. The predicted octanol–water partition coefficient (Wildman–Crippen LogP) is 3.33. The van der Waals surface area contributed by atoms with E-state index in [2.05, 4.69) is 21.1 Å². The minimum absolute atomic E-state index is 0.0316. The van der Waals surface area contributed by atoms with Gasteiger partial charge in [-0.3, -0.25) is 25.2 Å². The van der Waals surface area contributed by atoms with E-state index in [0.717, 1.165) is 23.1 Å². The average Bonchev–Trinajstić information content (AvgIpc) is 3.04. The van der Waals surface area contributed by atoms with Gasteiger partial charge in [0.2, 0.25) is 12.8 Å². The number of hydrogen-bond acceptors (Lipinski definition) is 9. The molecule has 0 aliphatic carbocycles. The monoisotopic (exact) mass is 615 g/mol. The van der Waals surface area contributed by atoms with Crippen LogP contribution in [-0.4, -0.2) is 49.4 Å².